The molecule has 0 N–H and O–H groups in total. The molecule has 0 unspecified atom stereocenters. The molecule has 274 valence electrons. The standard InChI is InChI=1S/C49H63BO2/c1-7-9-11-13-15-20-34-49(35-21-16-14-12-10-8-2)45-36-39(25-24-38-26-29-41(30-27-38)40-22-18-17-19-23-40)28-32-43(45)44-33-31-42(37-46(44)49)50-51-47(3,4)48(5,6)52-50/h17-19,22-33,36-37H,7-16,20-21,34-35H2,1-6H3/b25-24+. The van der Waals surface area contributed by atoms with Gasteiger partial charge in [0.25, 0.3) is 0 Å². The summed E-state index contributed by atoms with van der Waals surface area (Å²) in [6.07, 6.45) is 22.7. The van der Waals surface area contributed by atoms with Gasteiger partial charge in [0, 0.05) is 5.41 Å². The van der Waals surface area contributed by atoms with Crippen molar-refractivity contribution in [2.24, 2.45) is 0 Å². The van der Waals surface area contributed by atoms with Crippen LogP contribution in [-0.4, -0.2) is 18.3 Å². The molecule has 0 spiro atoms. The molecule has 52 heavy (non-hydrogen) atoms. The van der Waals surface area contributed by atoms with Gasteiger partial charge in [-0.1, -0.05) is 194 Å². The molecule has 3 heteroatoms. The van der Waals surface area contributed by atoms with Gasteiger partial charge in [-0.25, -0.2) is 0 Å². The molecule has 1 aliphatic heterocycles. The molecule has 1 aliphatic carbocycles. The maximum atomic E-state index is 6.62. The van der Waals surface area contributed by atoms with E-state index in [2.05, 4.69) is 145 Å². The molecule has 0 bridgehead atoms. The Morgan fingerprint density at radius 1 is 0.500 bits per heavy atom. The van der Waals surface area contributed by atoms with Gasteiger partial charge in [-0.15, -0.1) is 0 Å². The van der Waals surface area contributed by atoms with Crippen molar-refractivity contribution >= 4 is 24.7 Å². The Hall–Kier alpha value is -3.40. The number of hydrogen-bond donors (Lipinski definition) is 0. The van der Waals surface area contributed by atoms with Crippen molar-refractivity contribution < 1.29 is 9.31 Å². The minimum atomic E-state index is -0.364. The Kier molecular flexibility index (Phi) is 12.7. The summed E-state index contributed by atoms with van der Waals surface area (Å²) >= 11 is 0. The third-order valence-electron chi connectivity index (χ3n) is 12.3. The topological polar surface area (TPSA) is 18.5 Å². The predicted octanol–water partition coefficient (Wildman–Crippen LogP) is 13.6. The number of rotatable bonds is 18. The highest BCUT2D eigenvalue weighted by molar-refractivity contribution is 6.62. The zero-order valence-electron chi connectivity index (χ0n) is 33.1. The summed E-state index contributed by atoms with van der Waals surface area (Å²) in [6, 6.07) is 34.0. The van der Waals surface area contributed by atoms with Crippen LogP contribution < -0.4 is 5.46 Å². The highest BCUT2D eigenvalue weighted by Gasteiger charge is 2.52. The number of hydrogen-bond acceptors (Lipinski definition) is 2. The minimum absolute atomic E-state index is 0.0129. The van der Waals surface area contributed by atoms with Crippen molar-refractivity contribution in [3.63, 3.8) is 0 Å². The smallest absolute Gasteiger partial charge is 0.399 e. The SMILES string of the molecule is CCCCCCCCC1(CCCCCCCC)c2cc(/C=C/c3ccc(-c4ccccc4)cc3)ccc2-c2ccc(B3OC(C)(C)C(C)(C)O3)cc21. The number of benzene rings is 4. The first-order valence-electron chi connectivity index (χ1n) is 20.7. The molecule has 0 radical (unpaired) electrons. The lowest BCUT2D eigenvalue weighted by Gasteiger charge is -2.33. The minimum Gasteiger partial charge on any atom is -0.399 e. The molecule has 1 heterocycles. The molecule has 4 aromatic rings. The number of unbranched alkanes of at least 4 members (excludes halogenated alkanes) is 10. The van der Waals surface area contributed by atoms with Crippen LogP contribution in [0.25, 0.3) is 34.4 Å². The third kappa shape index (κ3) is 8.53. The van der Waals surface area contributed by atoms with Crippen molar-refractivity contribution in [1.29, 1.82) is 0 Å². The largest absolute Gasteiger partial charge is 0.494 e. The molecular formula is C49H63BO2. The molecule has 4 aromatic carbocycles. The van der Waals surface area contributed by atoms with Gasteiger partial charge in [0.1, 0.15) is 0 Å². The van der Waals surface area contributed by atoms with Crippen LogP contribution in [0.2, 0.25) is 0 Å². The third-order valence-corrected chi connectivity index (χ3v) is 12.3. The van der Waals surface area contributed by atoms with E-state index in [9.17, 15) is 0 Å². The van der Waals surface area contributed by atoms with E-state index in [4.69, 9.17) is 9.31 Å². The second kappa shape index (κ2) is 17.2. The van der Waals surface area contributed by atoms with E-state index >= 15 is 0 Å². The Labute approximate surface area is 316 Å². The molecule has 6 rings (SSSR count). The van der Waals surface area contributed by atoms with E-state index < -0.39 is 0 Å². The molecular weight excluding hydrogens is 631 g/mol. The number of fused-ring (bicyclic) bond motifs is 3. The first-order chi connectivity index (χ1) is 25.2. The fourth-order valence-electron chi connectivity index (χ4n) is 8.45. The van der Waals surface area contributed by atoms with Crippen molar-refractivity contribution in [3.8, 4) is 22.3 Å². The molecule has 2 aliphatic rings. The van der Waals surface area contributed by atoms with E-state index in [0.717, 1.165) is 5.46 Å². The first kappa shape index (κ1) is 38.3. The first-order valence-corrected chi connectivity index (χ1v) is 20.7. The van der Waals surface area contributed by atoms with E-state index in [1.54, 1.807) is 0 Å². The molecule has 1 saturated heterocycles. The monoisotopic (exact) mass is 694 g/mol. The Balaban J connectivity index is 1.34. The summed E-state index contributed by atoms with van der Waals surface area (Å²) in [4.78, 5) is 0. The van der Waals surface area contributed by atoms with Crippen LogP contribution in [0.1, 0.15) is 154 Å². The predicted molar refractivity (Wildman–Crippen MR) is 225 cm³/mol. The fourth-order valence-corrected chi connectivity index (χ4v) is 8.45. The van der Waals surface area contributed by atoms with Crippen molar-refractivity contribution in [1.82, 2.24) is 0 Å². The lowest BCUT2D eigenvalue weighted by Crippen LogP contribution is -2.41. The maximum Gasteiger partial charge on any atom is 0.494 e. The van der Waals surface area contributed by atoms with E-state index in [0.29, 0.717) is 0 Å². The summed E-state index contributed by atoms with van der Waals surface area (Å²) in [5.41, 5.74) is 11.3. The van der Waals surface area contributed by atoms with E-state index in [1.165, 1.54) is 134 Å². The zero-order valence-corrected chi connectivity index (χ0v) is 33.1. The van der Waals surface area contributed by atoms with Gasteiger partial charge in [0.05, 0.1) is 11.2 Å². The van der Waals surface area contributed by atoms with Crippen LogP contribution in [0, 0.1) is 0 Å². The fraction of sp³-hybridized carbons (Fsp3) is 0.469. The van der Waals surface area contributed by atoms with Crippen LogP contribution in [0.4, 0.5) is 0 Å². The normalized spacial score (nSPS) is 16.8. The van der Waals surface area contributed by atoms with Gasteiger partial charge in [0.15, 0.2) is 0 Å². The van der Waals surface area contributed by atoms with Gasteiger partial charge in [-0.2, -0.15) is 0 Å². The lowest BCUT2D eigenvalue weighted by molar-refractivity contribution is 0.00578. The van der Waals surface area contributed by atoms with Crippen molar-refractivity contribution in [3.05, 3.63) is 113 Å². The van der Waals surface area contributed by atoms with Gasteiger partial charge in [0.2, 0.25) is 0 Å². The van der Waals surface area contributed by atoms with E-state index in [1.807, 2.05) is 0 Å². The molecule has 0 saturated carbocycles. The maximum absolute atomic E-state index is 6.62. The highest BCUT2D eigenvalue weighted by atomic mass is 16.7. The average Bonchev–Trinajstić information content (AvgIpc) is 3.55. The second-order valence-corrected chi connectivity index (χ2v) is 16.6. The Bertz CT molecular complexity index is 1740. The highest BCUT2D eigenvalue weighted by Crippen LogP contribution is 2.54. The lowest BCUT2D eigenvalue weighted by atomic mass is 9.68. The molecule has 0 amide bonds. The molecule has 2 nitrogen and oxygen atoms in total. The summed E-state index contributed by atoms with van der Waals surface area (Å²) in [5, 5.41) is 0. The van der Waals surface area contributed by atoms with Crippen LogP contribution in [0.15, 0.2) is 91.0 Å². The average molecular weight is 695 g/mol. The Morgan fingerprint density at radius 2 is 0.981 bits per heavy atom. The summed E-state index contributed by atoms with van der Waals surface area (Å²) in [5.74, 6) is 0. The van der Waals surface area contributed by atoms with E-state index in [-0.39, 0.29) is 23.7 Å². The van der Waals surface area contributed by atoms with Crippen LogP contribution >= 0.6 is 0 Å². The van der Waals surface area contributed by atoms with Crippen LogP contribution in [0.3, 0.4) is 0 Å². The quantitative estimate of drug-likeness (QED) is 0.0586. The van der Waals surface area contributed by atoms with Gasteiger partial charge in [-0.05, 0) is 90.5 Å². The van der Waals surface area contributed by atoms with Crippen LogP contribution in [0.5, 0.6) is 0 Å². The van der Waals surface area contributed by atoms with Crippen molar-refractivity contribution in [2.75, 3.05) is 0 Å². The van der Waals surface area contributed by atoms with Crippen LogP contribution in [-0.2, 0) is 14.7 Å². The van der Waals surface area contributed by atoms with Crippen molar-refractivity contribution in [2.45, 2.75) is 148 Å². The van der Waals surface area contributed by atoms with Gasteiger partial charge >= 0.3 is 7.12 Å². The molecule has 0 aromatic heterocycles. The Morgan fingerprint density at radius 3 is 1.58 bits per heavy atom. The summed E-state index contributed by atoms with van der Waals surface area (Å²) in [7, 11) is -0.355. The van der Waals surface area contributed by atoms with Gasteiger partial charge in [-0.3, -0.25) is 0 Å². The zero-order chi connectivity index (χ0) is 36.6. The molecule has 1 fully saturated rings. The van der Waals surface area contributed by atoms with Gasteiger partial charge < -0.3 is 9.31 Å². The molecule has 0 atom stereocenters. The summed E-state index contributed by atoms with van der Waals surface area (Å²) < 4.78 is 13.2. The second-order valence-electron chi connectivity index (χ2n) is 16.6. The summed E-state index contributed by atoms with van der Waals surface area (Å²) in [6.45, 7) is 13.2.